The van der Waals surface area contributed by atoms with Gasteiger partial charge in [0.15, 0.2) is 0 Å². The third-order valence-corrected chi connectivity index (χ3v) is 3.40. The Balaban J connectivity index is 2.28. The van der Waals surface area contributed by atoms with Crippen LogP contribution in [0.2, 0.25) is 0 Å². The molecule has 120 valence electrons. The molecule has 1 heterocycles. The molecule has 1 aliphatic heterocycles. The van der Waals surface area contributed by atoms with Crippen LogP contribution in [0.15, 0.2) is 24.3 Å². The van der Waals surface area contributed by atoms with Gasteiger partial charge in [0, 0.05) is 18.2 Å². The molecule has 1 aromatic rings. The van der Waals surface area contributed by atoms with Crippen LogP contribution in [0.1, 0.15) is 32.3 Å². The summed E-state index contributed by atoms with van der Waals surface area (Å²) < 4.78 is 5.24. The molecule has 1 N–H and O–H groups in total. The van der Waals surface area contributed by atoms with Crippen molar-refractivity contribution in [3.05, 3.63) is 29.8 Å². The normalized spacial score (nSPS) is 15.5. The molecule has 6 heteroatoms. The van der Waals surface area contributed by atoms with Crippen LogP contribution in [0.3, 0.4) is 0 Å². The molecule has 0 radical (unpaired) electrons. The molecule has 6 nitrogen and oxygen atoms in total. The van der Waals surface area contributed by atoms with Crippen molar-refractivity contribution in [2.75, 3.05) is 16.8 Å². The molecule has 2 amide bonds. The van der Waals surface area contributed by atoms with Gasteiger partial charge in [0.25, 0.3) is 0 Å². The van der Waals surface area contributed by atoms with Crippen LogP contribution in [-0.4, -0.2) is 24.6 Å². The van der Waals surface area contributed by atoms with Gasteiger partial charge in [-0.15, -0.1) is 0 Å². The highest BCUT2D eigenvalue weighted by Crippen LogP contribution is 2.31. The average Bonchev–Trinajstić information content (AvgIpc) is 2.53. The Morgan fingerprint density at radius 1 is 1.43 bits per heavy atom. The number of carbonyl (C=O) groups excluding carboxylic acids is 2. The minimum atomic E-state index is -0.705. The zero-order chi connectivity index (χ0) is 16.8. The van der Waals surface area contributed by atoms with Crippen molar-refractivity contribution in [2.24, 2.45) is 0 Å². The number of carbonyl (C=O) groups is 2. The second-order valence-electron chi connectivity index (χ2n) is 5.23. The summed E-state index contributed by atoms with van der Waals surface area (Å²) in [5, 5.41) is 12.0. The van der Waals surface area contributed by atoms with Gasteiger partial charge in [0.2, 0.25) is 5.91 Å². The van der Waals surface area contributed by atoms with Crippen molar-refractivity contribution in [2.45, 2.75) is 32.7 Å². The molecule has 0 aromatic heterocycles. The zero-order valence-electron chi connectivity index (χ0n) is 13.2. The highest BCUT2D eigenvalue weighted by molar-refractivity contribution is 5.96. The number of hydrogen-bond acceptors (Lipinski definition) is 4. The predicted molar refractivity (Wildman–Crippen MR) is 87.9 cm³/mol. The van der Waals surface area contributed by atoms with Crippen molar-refractivity contribution in [1.29, 1.82) is 5.26 Å². The van der Waals surface area contributed by atoms with Gasteiger partial charge in [-0.05, 0) is 30.7 Å². The second kappa shape index (κ2) is 7.45. The van der Waals surface area contributed by atoms with Crippen molar-refractivity contribution in [3.63, 3.8) is 0 Å². The lowest BCUT2D eigenvalue weighted by molar-refractivity contribution is -0.114. The molecule has 1 atom stereocenters. The maximum Gasteiger partial charge on any atom is 0.415 e. The number of benzene rings is 1. The lowest BCUT2D eigenvalue weighted by Crippen LogP contribution is -2.41. The number of nitriles is 1. The molecule has 2 rings (SSSR count). The summed E-state index contributed by atoms with van der Waals surface area (Å²) in [5.41, 5.74) is 1.97. The van der Waals surface area contributed by atoms with Gasteiger partial charge in [-0.25, -0.2) is 4.79 Å². The van der Waals surface area contributed by atoms with E-state index in [0.717, 1.165) is 18.4 Å². The monoisotopic (exact) mass is 313 g/mol. The predicted octanol–water partition coefficient (Wildman–Crippen LogP) is 3.31. The Hall–Kier alpha value is -2.81. The molecule has 1 aliphatic rings. The third-order valence-electron chi connectivity index (χ3n) is 3.40. The quantitative estimate of drug-likeness (QED) is 0.864. The SMILES string of the molecule is CCCCOC(=O)N1c2ccc(NC(C)=O)cc2C=CC1C#N. The minimum absolute atomic E-state index is 0.171. The zero-order valence-corrected chi connectivity index (χ0v) is 13.2. The van der Waals surface area contributed by atoms with E-state index < -0.39 is 12.1 Å². The largest absolute Gasteiger partial charge is 0.449 e. The van der Waals surface area contributed by atoms with Gasteiger partial charge in [0.05, 0.1) is 18.4 Å². The number of ether oxygens (including phenoxy) is 1. The maximum atomic E-state index is 12.3. The molecule has 0 saturated heterocycles. The van der Waals surface area contributed by atoms with Crippen LogP contribution >= 0.6 is 0 Å². The van der Waals surface area contributed by atoms with Crippen LogP contribution in [-0.2, 0) is 9.53 Å². The highest BCUT2D eigenvalue weighted by atomic mass is 16.6. The first-order chi connectivity index (χ1) is 11.1. The summed E-state index contributed by atoms with van der Waals surface area (Å²) >= 11 is 0. The topological polar surface area (TPSA) is 82.4 Å². The van der Waals surface area contributed by atoms with Gasteiger partial charge in [-0.1, -0.05) is 19.4 Å². The molecule has 1 aromatic carbocycles. The van der Waals surface area contributed by atoms with Gasteiger partial charge in [-0.3, -0.25) is 9.69 Å². The fraction of sp³-hybridized carbons (Fsp3) is 0.353. The lowest BCUT2D eigenvalue weighted by Gasteiger charge is -2.29. The van der Waals surface area contributed by atoms with Gasteiger partial charge in [0.1, 0.15) is 6.04 Å². The lowest BCUT2D eigenvalue weighted by atomic mass is 10.0. The van der Waals surface area contributed by atoms with Crippen molar-refractivity contribution in [1.82, 2.24) is 0 Å². The molecule has 0 aliphatic carbocycles. The Morgan fingerprint density at radius 2 is 2.22 bits per heavy atom. The number of unbranched alkanes of at least 4 members (excludes halogenated alkanes) is 1. The van der Waals surface area contributed by atoms with E-state index in [2.05, 4.69) is 11.4 Å². The number of hydrogen-bond donors (Lipinski definition) is 1. The van der Waals surface area contributed by atoms with Gasteiger partial charge in [-0.2, -0.15) is 5.26 Å². The van der Waals surface area contributed by atoms with Crippen molar-refractivity contribution in [3.8, 4) is 6.07 Å². The summed E-state index contributed by atoms with van der Waals surface area (Å²) in [6.07, 6.45) is 4.57. The van der Waals surface area contributed by atoms with E-state index in [1.165, 1.54) is 11.8 Å². The van der Waals surface area contributed by atoms with E-state index in [4.69, 9.17) is 4.74 Å². The maximum absolute atomic E-state index is 12.3. The standard InChI is InChI=1S/C17H19N3O3/c1-3-4-9-23-17(22)20-15(11-18)7-5-13-10-14(19-12(2)21)6-8-16(13)20/h5-8,10,15H,3-4,9H2,1-2H3,(H,19,21). The van der Waals surface area contributed by atoms with Crippen LogP contribution in [0, 0.1) is 11.3 Å². The molecule has 0 saturated carbocycles. The van der Waals surface area contributed by atoms with E-state index in [-0.39, 0.29) is 5.91 Å². The smallest absolute Gasteiger partial charge is 0.415 e. The summed E-state index contributed by atoms with van der Waals surface area (Å²) in [5.74, 6) is -0.171. The first-order valence-corrected chi connectivity index (χ1v) is 7.52. The second-order valence-corrected chi connectivity index (χ2v) is 5.23. The van der Waals surface area contributed by atoms with Crippen molar-refractivity contribution < 1.29 is 14.3 Å². The van der Waals surface area contributed by atoms with E-state index in [1.54, 1.807) is 30.4 Å². The number of nitrogens with one attached hydrogen (secondary N) is 1. The number of nitrogens with zero attached hydrogens (tertiary/aromatic N) is 2. The summed E-state index contributed by atoms with van der Waals surface area (Å²) in [6.45, 7) is 3.76. The summed E-state index contributed by atoms with van der Waals surface area (Å²) in [6, 6.07) is 6.53. The van der Waals surface area contributed by atoms with Gasteiger partial charge < -0.3 is 10.1 Å². The number of anilines is 2. The molecule has 23 heavy (non-hydrogen) atoms. The number of rotatable bonds is 4. The number of amides is 2. The molecule has 0 fully saturated rings. The van der Waals surface area contributed by atoms with Gasteiger partial charge >= 0.3 is 6.09 Å². The van der Waals surface area contributed by atoms with E-state index in [0.29, 0.717) is 18.0 Å². The van der Waals surface area contributed by atoms with Crippen LogP contribution < -0.4 is 10.2 Å². The average molecular weight is 313 g/mol. The van der Waals surface area contributed by atoms with E-state index >= 15 is 0 Å². The first-order valence-electron chi connectivity index (χ1n) is 7.52. The summed E-state index contributed by atoms with van der Waals surface area (Å²) in [7, 11) is 0. The Morgan fingerprint density at radius 3 is 2.87 bits per heavy atom. The minimum Gasteiger partial charge on any atom is -0.449 e. The molecule has 0 bridgehead atoms. The Labute approximate surface area is 135 Å². The van der Waals surface area contributed by atoms with E-state index in [9.17, 15) is 14.9 Å². The van der Waals surface area contributed by atoms with E-state index in [1.807, 2.05) is 6.92 Å². The van der Waals surface area contributed by atoms with Crippen LogP contribution in [0.5, 0.6) is 0 Å². The van der Waals surface area contributed by atoms with Crippen LogP contribution in [0.4, 0.5) is 16.2 Å². The first kappa shape index (κ1) is 16.6. The highest BCUT2D eigenvalue weighted by Gasteiger charge is 2.29. The molecule has 0 spiro atoms. The Bertz CT molecular complexity index is 676. The molecular formula is C17H19N3O3. The number of fused-ring (bicyclic) bond motifs is 1. The van der Waals surface area contributed by atoms with Crippen molar-refractivity contribution >= 4 is 29.5 Å². The Kier molecular flexibility index (Phi) is 5.36. The summed E-state index contributed by atoms with van der Waals surface area (Å²) in [4.78, 5) is 24.8. The van der Waals surface area contributed by atoms with Crippen LogP contribution in [0.25, 0.3) is 6.08 Å². The molecular weight excluding hydrogens is 294 g/mol. The fourth-order valence-electron chi connectivity index (χ4n) is 2.31. The fourth-order valence-corrected chi connectivity index (χ4v) is 2.31. The molecule has 1 unspecified atom stereocenters. The third kappa shape index (κ3) is 3.89.